The Morgan fingerprint density at radius 1 is 1.32 bits per heavy atom. The zero-order chi connectivity index (χ0) is 16.3. The van der Waals surface area contributed by atoms with E-state index in [0.717, 1.165) is 5.56 Å². The number of nitrogens with zero attached hydrogens (tertiary/aromatic N) is 1. The summed E-state index contributed by atoms with van der Waals surface area (Å²) in [6.45, 7) is 7.51. The molecule has 0 unspecified atom stereocenters. The van der Waals surface area contributed by atoms with Crippen molar-refractivity contribution in [2.45, 2.75) is 51.9 Å². The Kier molecular flexibility index (Phi) is 5.81. The second kappa shape index (κ2) is 7.24. The van der Waals surface area contributed by atoms with Gasteiger partial charge < -0.3 is 4.74 Å². The summed E-state index contributed by atoms with van der Waals surface area (Å²) in [4.78, 5) is 2.07. The van der Waals surface area contributed by atoms with Crippen LogP contribution in [-0.4, -0.2) is 36.4 Å². The molecule has 1 aliphatic rings. The zero-order valence-electron chi connectivity index (χ0n) is 13.5. The van der Waals surface area contributed by atoms with Crippen molar-refractivity contribution >= 4 is 11.6 Å². The zero-order valence-corrected chi connectivity index (χ0v) is 14.2. The molecule has 2 rings (SSSR count). The van der Waals surface area contributed by atoms with Crippen LogP contribution in [0.4, 0.5) is 8.78 Å². The third-order valence-corrected chi connectivity index (χ3v) is 4.34. The molecule has 5 heteroatoms. The van der Waals surface area contributed by atoms with Gasteiger partial charge in [-0.05, 0) is 45.2 Å². The molecule has 0 aliphatic carbocycles. The number of piperidine rings is 1. The number of likely N-dealkylation sites (tertiary alicyclic amines) is 1. The van der Waals surface area contributed by atoms with Gasteiger partial charge in [-0.15, -0.1) is 0 Å². The average Bonchev–Trinajstić information content (AvgIpc) is 2.45. The lowest BCUT2D eigenvalue weighted by atomic mass is 9.94. The lowest BCUT2D eigenvalue weighted by molar-refractivity contribution is -0.0460. The smallest absolute Gasteiger partial charge is 0.146 e. The number of hydrogen-bond donors (Lipinski definition) is 0. The van der Waals surface area contributed by atoms with E-state index in [1.807, 2.05) is 20.8 Å². The highest BCUT2D eigenvalue weighted by molar-refractivity contribution is 6.30. The van der Waals surface area contributed by atoms with Gasteiger partial charge in [0, 0.05) is 25.2 Å². The SMILES string of the molecule is Cc1cc(Cl)c(F)c(CN2CCC(F)(COC(C)C)CC2)c1. The second-order valence-corrected chi connectivity index (χ2v) is 6.91. The van der Waals surface area contributed by atoms with Crippen molar-refractivity contribution in [1.29, 1.82) is 0 Å². The molecule has 0 bridgehead atoms. The lowest BCUT2D eigenvalue weighted by Gasteiger charge is -2.36. The van der Waals surface area contributed by atoms with Gasteiger partial charge in [0.25, 0.3) is 0 Å². The van der Waals surface area contributed by atoms with Crippen LogP contribution in [0.5, 0.6) is 0 Å². The lowest BCUT2D eigenvalue weighted by Crippen LogP contribution is -2.44. The summed E-state index contributed by atoms with van der Waals surface area (Å²) in [6.07, 6.45) is 0.871. The van der Waals surface area contributed by atoms with E-state index in [1.165, 1.54) is 0 Å². The molecule has 1 saturated heterocycles. The Morgan fingerprint density at radius 3 is 2.55 bits per heavy atom. The predicted octanol–water partition coefficient (Wildman–Crippen LogP) is 4.52. The van der Waals surface area contributed by atoms with E-state index in [-0.39, 0.29) is 23.6 Å². The fraction of sp³-hybridized carbons (Fsp3) is 0.647. The van der Waals surface area contributed by atoms with E-state index in [9.17, 15) is 8.78 Å². The number of rotatable bonds is 5. The molecule has 0 radical (unpaired) electrons. The summed E-state index contributed by atoms with van der Waals surface area (Å²) in [7, 11) is 0. The van der Waals surface area contributed by atoms with Gasteiger partial charge in [0.2, 0.25) is 0 Å². The summed E-state index contributed by atoms with van der Waals surface area (Å²) in [5.41, 5.74) is 0.252. The molecule has 1 heterocycles. The Morgan fingerprint density at radius 2 is 1.95 bits per heavy atom. The second-order valence-electron chi connectivity index (χ2n) is 6.51. The van der Waals surface area contributed by atoms with Gasteiger partial charge in [0.05, 0.1) is 17.7 Å². The number of alkyl halides is 1. The summed E-state index contributed by atoms with van der Waals surface area (Å²) < 4.78 is 34.1. The van der Waals surface area contributed by atoms with E-state index in [2.05, 4.69) is 4.90 Å². The molecule has 0 atom stereocenters. The first-order valence-electron chi connectivity index (χ1n) is 7.76. The van der Waals surface area contributed by atoms with Crippen molar-refractivity contribution in [2.24, 2.45) is 0 Å². The van der Waals surface area contributed by atoms with E-state index in [4.69, 9.17) is 16.3 Å². The molecule has 0 aromatic heterocycles. The minimum Gasteiger partial charge on any atom is -0.375 e. The Labute approximate surface area is 136 Å². The van der Waals surface area contributed by atoms with Crippen molar-refractivity contribution in [3.8, 4) is 0 Å². The van der Waals surface area contributed by atoms with Gasteiger partial charge in [-0.2, -0.15) is 0 Å². The van der Waals surface area contributed by atoms with Crippen molar-refractivity contribution in [3.05, 3.63) is 34.1 Å². The number of ether oxygens (including phenoxy) is 1. The first kappa shape index (κ1) is 17.6. The first-order valence-corrected chi connectivity index (χ1v) is 8.14. The fourth-order valence-corrected chi connectivity index (χ4v) is 3.02. The highest BCUT2D eigenvalue weighted by Crippen LogP contribution is 2.29. The number of benzene rings is 1. The van der Waals surface area contributed by atoms with Crippen LogP contribution in [0.1, 0.15) is 37.8 Å². The molecule has 0 spiro atoms. The normalized spacial score (nSPS) is 18.9. The molecule has 2 nitrogen and oxygen atoms in total. The van der Waals surface area contributed by atoms with Gasteiger partial charge in [-0.3, -0.25) is 4.90 Å². The molecule has 0 amide bonds. The van der Waals surface area contributed by atoms with Gasteiger partial charge in [-0.25, -0.2) is 8.78 Å². The largest absolute Gasteiger partial charge is 0.375 e. The van der Waals surface area contributed by atoms with Crippen molar-refractivity contribution in [1.82, 2.24) is 4.90 Å². The molecule has 0 N–H and O–H groups in total. The van der Waals surface area contributed by atoms with E-state index in [0.29, 0.717) is 38.0 Å². The minimum absolute atomic E-state index is 0.0363. The highest BCUT2D eigenvalue weighted by atomic mass is 35.5. The third kappa shape index (κ3) is 4.64. The van der Waals surface area contributed by atoms with Crippen LogP contribution in [0.15, 0.2) is 12.1 Å². The molecule has 1 aliphatic heterocycles. The molecule has 22 heavy (non-hydrogen) atoms. The van der Waals surface area contributed by atoms with Crippen LogP contribution < -0.4 is 0 Å². The maximum Gasteiger partial charge on any atom is 0.146 e. The number of hydrogen-bond acceptors (Lipinski definition) is 2. The van der Waals surface area contributed by atoms with Crippen molar-refractivity contribution < 1.29 is 13.5 Å². The van der Waals surface area contributed by atoms with Gasteiger partial charge in [0.15, 0.2) is 0 Å². The minimum atomic E-state index is -1.26. The molecule has 1 fully saturated rings. The predicted molar refractivity (Wildman–Crippen MR) is 85.6 cm³/mol. The van der Waals surface area contributed by atoms with E-state index >= 15 is 0 Å². The maximum atomic E-state index is 14.6. The third-order valence-electron chi connectivity index (χ3n) is 4.07. The molecular weight excluding hydrogens is 308 g/mol. The van der Waals surface area contributed by atoms with Crippen LogP contribution in [0.3, 0.4) is 0 Å². The average molecular weight is 332 g/mol. The van der Waals surface area contributed by atoms with Gasteiger partial charge >= 0.3 is 0 Å². The molecular formula is C17H24ClF2NO. The van der Waals surface area contributed by atoms with Gasteiger partial charge in [0.1, 0.15) is 11.5 Å². The Hall–Kier alpha value is -0.710. The standard InChI is InChI=1S/C17H24ClF2NO/c1-12(2)22-11-17(20)4-6-21(7-5-17)10-14-8-13(3)9-15(18)16(14)19/h8-9,12H,4-7,10-11H2,1-3H3. The monoisotopic (exact) mass is 331 g/mol. The Balaban J connectivity index is 1.93. The summed E-state index contributed by atoms with van der Waals surface area (Å²) in [6, 6.07) is 3.42. The van der Waals surface area contributed by atoms with Crippen LogP contribution in [0, 0.1) is 12.7 Å². The van der Waals surface area contributed by atoms with Crippen LogP contribution in [-0.2, 0) is 11.3 Å². The molecule has 0 saturated carbocycles. The molecule has 1 aromatic carbocycles. The first-order chi connectivity index (χ1) is 10.3. The summed E-state index contributed by atoms with van der Waals surface area (Å²) >= 11 is 5.88. The van der Waals surface area contributed by atoms with Crippen LogP contribution in [0.2, 0.25) is 5.02 Å². The van der Waals surface area contributed by atoms with Gasteiger partial charge in [-0.1, -0.05) is 17.7 Å². The van der Waals surface area contributed by atoms with E-state index < -0.39 is 5.67 Å². The summed E-state index contributed by atoms with van der Waals surface area (Å²) in [5, 5.41) is 0.150. The maximum absolute atomic E-state index is 14.6. The number of aryl methyl sites for hydroxylation is 1. The Bertz CT molecular complexity index is 514. The summed E-state index contributed by atoms with van der Waals surface area (Å²) in [5.74, 6) is -0.368. The fourth-order valence-electron chi connectivity index (χ4n) is 2.72. The molecule has 124 valence electrons. The van der Waals surface area contributed by atoms with Crippen LogP contribution >= 0.6 is 11.6 Å². The topological polar surface area (TPSA) is 12.5 Å². The van der Waals surface area contributed by atoms with Crippen molar-refractivity contribution in [2.75, 3.05) is 19.7 Å². The molecule has 1 aromatic rings. The quantitative estimate of drug-likeness (QED) is 0.786. The highest BCUT2D eigenvalue weighted by Gasteiger charge is 2.35. The van der Waals surface area contributed by atoms with Crippen LogP contribution in [0.25, 0.3) is 0 Å². The van der Waals surface area contributed by atoms with E-state index in [1.54, 1.807) is 12.1 Å². The van der Waals surface area contributed by atoms with Crippen molar-refractivity contribution in [3.63, 3.8) is 0 Å². The number of halogens is 3.